The monoisotopic (exact) mass is 464 g/mol. The molecule has 0 saturated carbocycles. The van der Waals surface area contributed by atoms with Crippen molar-refractivity contribution in [2.75, 3.05) is 22.7 Å². The molecule has 0 aliphatic carbocycles. The fourth-order valence-electron chi connectivity index (χ4n) is 3.37. The minimum absolute atomic E-state index is 0.122. The van der Waals surface area contributed by atoms with E-state index < -0.39 is 27.9 Å². The van der Waals surface area contributed by atoms with Gasteiger partial charge < -0.3 is 10.0 Å². The van der Waals surface area contributed by atoms with Crippen LogP contribution in [0.5, 0.6) is 0 Å². The smallest absolute Gasteiger partial charge is 0.389 e. The standard InChI is InChI=1S/C21H19F3N4O3S/c1-13-4-2-3-5-16(13)20-17(21(22,23)24)6-7-18(26-20)27-32(30,31)15-8-9-25-19(10-15)28-11-14(29)12-28/h2-10,14,29H,11-12H2,1H3,(H,26,27). The highest BCUT2D eigenvalue weighted by Crippen LogP contribution is 2.38. The van der Waals surface area contributed by atoms with Crippen LogP contribution in [-0.2, 0) is 16.2 Å². The van der Waals surface area contributed by atoms with Crippen molar-refractivity contribution >= 4 is 21.7 Å². The molecule has 3 aromatic rings. The number of aliphatic hydroxyl groups excluding tert-OH is 1. The molecule has 168 valence electrons. The predicted octanol–water partition coefficient (Wildman–Crippen LogP) is 3.45. The van der Waals surface area contributed by atoms with E-state index in [0.717, 1.165) is 12.1 Å². The first-order chi connectivity index (χ1) is 15.0. The second kappa shape index (κ2) is 8.06. The van der Waals surface area contributed by atoms with Crippen LogP contribution in [0.15, 0.2) is 59.6 Å². The maximum absolute atomic E-state index is 13.6. The van der Waals surface area contributed by atoms with Gasteiger partial charge in [0.15, 0.2) is 0 Å². The summed E-state index contributed by atoms with van der Waals surface area (Å²) in [5, 5.41) is 9.43. The zero-order valence-corrected chi connectivity index (χ0v) is 17.7. The van der Waals surface area contributed by atoms with Gasteiger partial charge in [0.1, 0.15) is 11.6 Å². The van der Waals surface area contributed by atoms with E-state index in [1.807, 2.05) is 0 Å². The van der Waals surface area contributed by atoms with Crippen molar-refractivity contribution in [2.24, 2.45) is 0 Å². The zero-order valence-electron chi connectivity index (χ0n) is 16.8. The van der Waals surface area contributed by atoms with Crippen molar-refractivity contribution in [1.29, 1.82) is 0 Å². The third-order valence-electron chi connectivity index (χ3n) is 5.05. The Bertz CT molecular complexity index is 1260. The lowest BCUT2D eigenvalue weighted by Gasteiger charge is -2.36. The lowest BCUT2D eigenvalue weighted by atomic mass is 10.0. The number of hydrogen-bond donors (Lipinski definition) is 2. The summed E-state index contributed by atoms with van der Waals surface area (Å²) in [6.45, 7) is 2.33. The Kier molecular flexibility index (Phi) is 5.55. The van der Waals surface area contributed by atoms with Gasteiger partial charge in [-0.05, 0) is 30.7 Å². The average Bonchev–Trinajstić information content (AvgIpc) is 2.71. The number of halogens is 3. The molecular weight excluding hydrogens is 445 g/mol. The molecule has 0 unspecified atom stereocenters. The number of nitrogens with one attached hydrogen (secondary N) is 1. The van der Waals surface area contributed by atoms with Gasteiger partial charge in [0.2, 0.25) is 0 Å². The molecule has 0 radical (unpaired) electrons. The summed E-state index contributed by atoms with van der Waals surface area (Å²) in [6.07, 6.45) is -3.84. The summed E-state index contributed by atoms with van der Waals surface area (Å²) < 4.78 is 68.7. The van der Waals surface area contributed by atoms with E-state index in [9.17, 15) is 26.7 Å². The maximum Gasteiger partial charge on any atom is 0.418 e. The van der Waals surface area contributed by atoms with Crippen molar-refractivity contribution < 1.29 is 26.7 Å². The number of sulfonamides is 1. The number of anilines is 2. The van der Waals surface area contributed by atoms with E-state index in [2.05, 4.69) is 14.7 Å². The molecule has 32 heavy (non-hydrogen) atoms. The molecule has 0 amide bonds. The normalized spacial score (nSPS) is 14.8. The maximum atomic E-state index is 13.6. The van der Waals surface area contributed by atoms with E-state index in [-0.39, 0.29) is 22.0 Å². The van der Waals surface area contributed by atoms with Gasteiger partial charge in [0, 0.05) is 30.9 Å². The quantitative estimate of drug-likeness (QED) is 0.601. The third kappa shape index (κ3) is 4.39. The molecule has 4 rings (SSSR count). The number of hydrogen-bond acceptors (Lipinski definition) is 6. The van der Waals surface area contributed by atoms with Crippen molar-refractivity contribution in [3.05, 3.63) is 65.9 Å². The number of alkyl halides is 3. The van der Waals surface area contributed by atoms with Crippen LogP contribution in [0.2, 0.25) is 0 Å². The van der Waals surface area contributed by atoms with Crippen LogP contribution >= 0.6 is 0 Å². The van der Waals surface area contributed by atoms with Crippen LogP contribution in [0.1, 0.15) is 11.1 Å². The van der Waals surface area contributed by atoms with Gasteiger partial charge in [-0.2, -0.15) is 13.2 Å². The molecule has 0 bridgehead atoms. The minimum Gasteiger partial charge on any atom is -0.389 e. The second-order valence-electron chi connectivity index (χ2n) is 7.42. The summed E-state index contributed by atoms with van der Waals surface area (Å²) in [6, 6.07) is 10.8. The Balaban J connectivity index is 1.70. The SMILES string of the molecule is Cc1ccccc1-c1nc(NS(=O)(=O)c2ccnc(N3CC(O)C3)c2)ccc1C(F)(F)F. The van der Waals surface area contributed by atoms with Gasteiger partial charge in [-0.3, -0.25) is 4.72 Å². The molecule has 2 N–H and O–H groups in total. The Morgan fingerprint density at radius 1 is 1.12 bits per heavy atom. The van der Waals surface area contributed by atoms with Gasteiger partial charge in [-0.1, -0.05) is 24.3 Å². The molecule has 7 nitrogen and oxygen atoms in total. The molecule has 0 atom stereocenters. The summed E-state index contributed by atoms with van der Waals surface area (Å²) in [4.78, 5) is 9.69. The number of β-amino-alcohol motifs (C(OH)–C–C–N with tert-alkyl or cyclic N) is 1. The van der Waals surface area contributed by atoms with Gasteiger partial charge in [-0.15, -0.1) is 0 Å². The van der Waals surface area contributed by atoms with E-state index in [0.29, 0.717) is 24.5 Å². The van der Waals surface area contributed by atoms with Gasteiger partial charge >= 0.3 is 6.18 Å². The first kappa shape index (κ1) is 22.0. The molecule has 1 saturated heterocycles. The number of benzene rings is 1. The number of aliphatic hydroxyl groups is 1. The Morgan fingerprint density at radius 3 is 2.50 bits per heavy atom. The predicted molar refractivity (Wildman–Crippen MR) is 113 cm³/mol. The lowest BCUT2D eigenvalue weighted by Crippen LogP contribution is -2.51. The van der Waals surface area contributed by atoms with Crippen LogP contribution in [0, 0.1) is 6.92 Å². The Hall–Kier alpha value is -3.18. The van der Waals surface area contributed by atoms with Crippen LogP contribution in [0.4, 0.5) is 24.8 Å². The molecule has 3 heterocycles. The lowest BCUT2D eigenvalue weighted by molar-refractivity contribution is -0.137. The van der Waals surface area contributed by atoms with Crippen molar-refractivity contribution in [1.82, 2.24) is 9.97 Å². The molecule has 2 aromatic heterocycles. The number of nitrogens with zero attached hydrogens (tertiary/aromatic N) is 3. The number of aromatic nitrogens is 2. The second-order valence-corrected chi connectivity index (χ2v) is 9.10. The molecule has 0 spiro atoms. The van der Waals surface area contributed by atoms with Crippen LogP contribution < -0.4 is 9.62 Å². The van der Waals surface area contributed by atoms with E-state index >= 15 is 0 Å². The fraction of sp³-hybridized carbons (Fsp3) is 0.238. The number of pyridine rings is 2. The van der Waals surface area contributed by atoms with Gasteiger partial charge in [0.05, 0.1) is 22.3 Å². The van der Waals surface area contributed by atoms with E-state index in [4.69, 9.17) is 0 Å². The van der Waals surface area contributed by atoms with Crippen molar-refractivity contribution in [3.8, 4) is 11.3 Å². The molecule has 1 aromatic carbocycles. The first-order valence-corrected chi connectivity index (χ1v) is 11.1. The topological polar surface area (TPSA) is 95.4 Å². The fourth-order valence-corrected chi connectivity index (χ4v) is 4.37. The summed E-state index contributed by atoms with van der Waals surface area (Å²) in [5.74, 6) is 0.133. The van der Waals surface area contributed by atoms with Crippen LogP contribution in [-0.4, -0.2) is 42.7 Å². The number of rotatable bonds is 5. The molecule has 1 aliphatic rings. The highest BCUT2D eigenvalue weighted by atomic mass is 32.2. The number of aryl methyl sites for hydroxylation is 1. The van der Waals surface area contributed by atoms with E-state index in [1.54, 1.807) is 30.0 Å². The van der Waals surface area contributed by atoms with Gasteiger partial charge in [0.25, 0.3) is 10.0 Å². The van der Waals surface area contributed by atoms with Crippen molar-refractivity contribution in [3.63, 3.8) is 0 Å². The zero-order chi connectivity index (χ0) is 23.1. The summed E-state index contributed by atoms with van der Waals surface area (Å²) in [5.41, 5.74) is -0.498. The van der Waals surface area contributed by atoms with Gasteiger partial charge in [-0.25, -0.2) is 18.4 Å². The highest BCUT2D eigenvalue weighted by molar-refractivity contribution is 7.92. The first-order valence-electron chi connectivity index (χ1n) is 9.61. The Labute approximate surface area is 182 Å². The summed E-state index contributed by atoms with van der Waals surface area (Å²) in [7, 11) is -4.15. The van der Waals surface area contributed by atoms with Crippen LogP contribution in [0.3, 0.4) is 0 Å². The largest absolute Gasteiger partial charge is 0.418 e. The highest BCUT2D eigenvalue weighted by Gasteiger charge is 2.35. The van der Waals surface area contributed by atoms with Crippen molar-refractivity contribution in [2.45, 2.75) is 24.1 Å². The molecule has 1 fully saturated rings. The average molecular weight is 464 g/mol. The molecular formula is C21H19F3N4O3S. The van der Waals surface area contributed by atoms with E-state index in [1.165, 1.54) is 24.4 Å². The molecule has 1 aliphatic heterocycles. The minimum atomic E-state index is -4.66. The summed E-state index contributed by atoms with van der Waals surface area (Å²) >= 11 is 0. The molecule has 11 heteroatoms. The van der Waals surface area contributed by atoms with Crippen LogP contribution in [0.25, 0.3) is 11.3 Å². The third-order valence-corrected chi connectivity index (χ3v) is 6.41. The Morgan fingerprint density at radius 2 is 1.84 bits per heavy atom.